The fourth-order valence-electron chi connectivity index (χ4n) is 4.29. The van der Waals surface area contributed by atoms with E-state index in [9.17, 15) is 4.79 Å². The number of aryl methyl sites for hydroxylation is 1. The topological polar surface area (TPSA) is 32.3 Å². The normalized spacial score (nSPS) is 15.3. The zero-order chi connectivity index (χ0) is 21.5. The average Bonchev–Trinajstić information content (AvgIpc) is 2.81. The Hall–Kier alpha value is -2.30. The third-order valence-electron chi connectivity index (χ3n) is 6.17. The average molecular weight is 433 g/mol. The van der Waals surface area contributed by atoms with Gasteiger partial charge in [-0.05, 0) is 54.8 Å². The van der Waals surface area contributed by atoms with Crippen LogP contribution in [0.2, 0.25) is 0 Å². The number of thioether (sulfide) groups is 1. The SMILES string of the molecule is Cc1ccc(CSCCNC(=O)C2CCN(Cc3cccc4ccccc34)CC2)cc1. The van der Waals surface area contributed by atoms with E-state index >= 15 is 0 Å². The first-order chi connectivity index (χ1) is 15.2. The van der Waals surface area contributed by atoms with E-state index in [2.05, 4.69) is 83.9 Å². The van der Waals surface area contributed by atoms with E-state index in [-0.39, 0.29) is 11.8 Å². The van der Waals surface area contributed by atoms with Gasteiger partial charge in [-0.25, -0.2) is 0 Å². The summed E-state index contributed by atoms with van der Waals surface area (Å²) in [7, 11) is 0. The second kappa shape index (κ2) is 10.8. The van der Waals surface area contributed by atoms with Crippen molar-refractivity contribution in [2.75, 3.05) is 25.4 Å². The van der Waals surface area contributed by atoms with E-state index < -0.39 is 0 Å². The summed E-state index contributed by atoms with van der Waals surface area (Å²) in [5.41, 5.74) is 4.02. The maximum absolute atomic E-state index is 12.6. The van der Waals surface area contributed by atoms with E-state index in [1.54, 1.807) is 0 Å². The van der Waals surface area contributed by atoms with Crippen molar-refractivity contribution in [3.05, 3.63) is 83.4 Å². The fraction of sp³-hybridized carbons (Fsp3) is 0.370. The fourth-order valence-corrected chi connectivity index (χ4v) is 5.11. The van der Waals surface area contributed by atoms with Gasteiger partial charge in [0.25, 0.3) is 0 Å². The van der Waals surface area contributed by atoms with E-state index in [0.717, 1.165) is 50.5 Å². The minimum atomic E-state index is 0.158. The number of benzene rings is 3. The lowest BCUT2D eigenvalue weighted by Gasteiger charge is -2.31. The van der Waals surface area contributed by atoms with Crippen molar-refractivity contribution in [3.63, 3.8) is 0 Å². The van der Waals surface area contributed by atoms with Crippen LogP contribution in [-0.2, 0) is 17.1 Å². The first-order valence-electron chi connectivity index (χ1n) is 11.3. The van der Waals surface area contributed by atoms with Crippen LogP contribution in [0.3, 0.4) is 0 Å². The molecule has 1 aliphatic rings. The van der Waals surface area contributed by atoms with Gasteiger partial charge in [0.05, 0.1) is 0 Å². The number of hydrogen-bond donors (Lipinski definition) is 1. The lowest BCUT2D eigenvalue weighted by atomic mass is 9.95. The Kier molecular flexibility index (Phi) is 7.66. The molecule has 0 unspecified atom stereocenters. The van der Waals surface area contributed by atoms with Gasteiger partial charge in [0.2, 0.25) is 5.91 Å². The molecule has 0 radical (unpaired) electrons. The molecule has 3 aromatic rings. The van der Waals surface area contributed by atoms with Crippen molar-refractivity contribution in [2.24, 2.45) is 5.92 Å². The molecular formula is C27H32N2OS. The molecule has 1 aliphatic heterocycles. The maximum atomic E-state index is 12.6. The summed E-state index contributed by atoms with van der Waals surface area (Å²) in [6, 6.07) is 23.8. The van der Waals surface area contributed by atoms with Crippen molar-refractivity contribution in [3.8, 4) is 0 Å². The Morgan fingerprint density at radius 1 is 1.00 bits per heavy atom. The van der Waals surface area contributed by atoms with E-state index in [1.807, 2.05) is 11.8 Å². The lowest BCUT2D eigenvalue weighted by molar-refractivity contribution is -0.126. The Balaban J connectivity index is 1.16. The molecule has 0 aliphatic carbocycles. The maximum Gasteiger partial charge on any atom is 0.223 e. The lowest BCUT2D eigenvalue weighted by Crippen LogP contribution is -2.40. The zero-order valence-electron chi connectivity index (χ0n) is 18.3. The molecule has 1 fully saturated rings. The number of piperidine rings is 1. The number of hydrogen-bond acceptors (Lipinski definition) is 3. The summed E-state index contributed by atoms with van der Waals surface area (Å²) in [4.78, 5) is 15.1. The minimum absolute atomic E-state index is 0.158. The molecule has 4 heteroatoms. The highest BCUT2D eigenvalue weighted by Crippen LogP contribution is 2.23. The number of nitrogens with zero attached hydrogens (tertiary/aromatic N) is 1. The highest BCUT2D eigenvalue weighted by atomic mass is 32.2. The summed E-state index contributed by atoms with van der Waals surface area (Å²) < 4.78 is 0. The van der Waals surface area contributed by atoms with Gasteiger partial charge in [0.15, 0.2) is 0 Å². The predicted octanol–water partition coefficient (Wildman–Crippen LogP) is 5.41. The Labute approximate surface area is 190 Å². The van der Waals surface area contributed by atoms with Crippen molar-refractivity contribution in [1.29, 1.82) is 0 Å². The van der Waals surface area contributed by atoms with E-state index in [0.29, 0.717) is 0 Å². The molecule has 0 saturated carbocycles. The van der Waals surface area contributed by atoms with Gasteiger partial charge in [-0.1, -0.05) is 72.3 Å². The Morgan fingerprint density at radius 2 is 1.74 bits per heavy atom. The molecule has 3 nitrogen and oxygen atoms in total. The second-order valence-electron chi connectivity index (χ2n) is 8.52. The third kappa shape index (κ3) is 6.11. The minimum Gasteiger partial charge on any atom is -0.355 e. The van der Waals surface area contributed by atoms with Crippen molar-refractivity contribution < 1.29 is 4.79 Å². The summed E-state index contributed by atoms with van der Waals surface area (Å²) >= 11 is 1.88. The van der Waals surface area contributed by atoms with Crippen LogP contribution < -0.4 is 5.32 Å². The molecule has 1 N–H and O–H groups in total. The van der Waals surface area contributed by atoms with Gasteiger partial charge in [0, 0.05) is 30.5 Å². The second-order valence-corrected chi connectivity index (χ2v) is 9.62. The number of nitrogens with one attached hydrogen (secondary N) is 1. The smallest absolute Gasteiger partial charge is 0.223 e. The van der Waals surface area contributed by atoms with Crippen molar-refractivity contribution >= 4 is 28.4 Å². The molecule has 162 valence electrons. The molecular weight excluding hydrogens is 400 g/mol. The molecule has 0 spiro atoms. The highest BCUT2D eigenvalue weighted by molar-refractivity contribution is 7.98. The quantitative estimate of drug-likeness (QED) is 0.483. The van der Waals surface area contributed by atoms with Gasteiger partial charge < -0.3 is 5.32 Å². The first kappa shape index (κ1) is 21.9. The number of carbonyl (C=O) groups is 1. The van der Waals surface area contributed by atoms with Gasteiger partial charge >= 0.3 is 0 Å². The van der Waals surface area contributed by atoms with Crippen molar-refractivity contribution in [2.45, 2.75) is 32.1 Å². The van der Waals surface area contributed by atoms with Crippen LogP contribution in [0.4, 0.5) is 0 Å². The summed E-state index contributed by atoms with van der Waals surface area (Å²) in [5.74, 6) is 2.36. The van der Waals surface area contributed by atoms with Crippen LogP contribution in [0.25, 0.3) is 10.8 Å². The van der Waals surface area contributed by atoms with Crippen LogP contribution in [0.1, 0.15) is 29.5 Å². The molecule has 0 atom stereocenters. The van der Waals surface area contributed by atoms with Gasteiger partial charge in [-0.3, -0.25) is 9.69 Å². The number of fused-ring (bicyclic) bond motifs is 1. The Morgan fingerprint density at radius 3 is 2.55 bits per heavy atom. The predicted molar refractivity (Wildman–Crippen MR) is 132 cm³/mol. The van der Waals surface area contributed by atoms with Crippen LogP contribution in [0.15, 0.2) is 66.7 Å². The molecule has 0 aromatic heterocycles. The first-order valence-corrected chi connectivity index (χ1v) is 12.4. The standard InChI is InChI=1S/C27H32N2OS/c1-21-9-11-22(12-10-21)20-31-18-15-28-27(30)24-13-16-29(17-14-24)19-25-7-4-6-23-5-2-3-8-26(23)25/h2-12,24H,13-20H2,1H3,(H,28,30). The number of likely N-dealkylation sites (tertiary alicyclic amines) is 1. The number of amides is 1. The number of rotatable bonds is 8. The molecule has 1 saturated heterocycles. The summed E-state index contributed by atoms with van der Waals surface area (Å²) in [6.07, 6.45) is 1.90. The van der Waals surface area contributed by atoms with Crippen LogP contribution in [-0.4, -0.2) is 36.2 Å². The monoisotopic (exact) mass is 432 g/mol. The largest absolute Gasteiger partial charge is 0.355 e. The van der Waals surface area contributed by atoms with Crippen LogP contribution in [0.5, 0.6) is 0 Å². The van der Waals surface area contributed by atoms with Crippen LogP contribution >= 0.6 is 11.8 Å². The zero-order valence-corrected chi connectivity index (χ0v) is 19.2. The summed E-state index contributed by atoms with van der Waals surface area (Å²) in [6.45, 7) is 5.81. The van der Waals surface area contributed by atoms with Gasteiger partial charge in [0.1, 0.15) is 0 Å². The van der Waals surface area contributed by atoms with Crippen molar-refractivity contribution in [1.82, 2.24) is 10.2 Å². The molecule has 3 aromatic carbocycles. The third-order valence-corrected chi connectivity index (χ3v) is 7.20. The summed E-state index contributed by atoms with van der Waals surface area (Å²) in [5, 5.41) is 5.80. The van der Waals surface area contributed by atoms with Gasteiger partial charge in [-0.15, -0.1) is 0 Å². The van der Waals surface area contributed by atoms with E-state index in [4.69, 9.17) is 0 Å². The van der Waals surface area contributed by atoms with Crippen LogP contribution in [0, 0.1) is 12.8 Å². The molecule has 31 heavy (non-hydrogen) atoms. The molecule has 4 rings (SSSR count). The number of carbonyl (C=O) groups excluding carboxylic acids is 1. The molecule has 1 heterocycles. The highest BCUT2D eigenvalue weighted by Gasteiger charge is 2.24. The van der Waals surface area contributed by atoms with Gasteiger partial charge in [-0.2, -0.15) is 11.8 Å². The van der Waals surface area contributed by atoms with E-state index in [1.165, 1.54) is 27.5 Å². The molecule has 0 bridgehead atoms. The molecule has 1 amide bonds. The Bertz CT molecular complexity index is 988.